The van der Waals surface area contributed by atoms with Crippen molar-refractivity contribution in [1.82, 2.24) is 15.5 Å². The van der Waals surface area contributed by atoms with Crippen LogP contribution in [-0.2, 0) is 27.3 Å². The Morgan fingerprint density at radius 1 is 1.00 bits per heavy atom. The second-order valence-corrected chi connectivity index (χ2v) is 11.4. The lowest BCUT2D eigenvalue weighted by molar-refractivity contribution is -0.146. The van der Waals surface area contributed by atoms with Gasteiger partial charge in [-0.15, -0.1) is 11.8 Å². The number of carbonyl (C=O) groups excluding carboxylic acids is 4. The second kappa shape index (κ2) is 14.7. The minimum Gasteiger partial charge on any atom is -0.483 e. The van der Waals surface area contributed by atoms with Crippen LogP contribution in [-0.4, -0.2) is 70.1 Å². The fraction of sp³-hybridized carbons (Fsp3) is 0.312. The van der Waals surface area contributed by atoms with Crippen molar-refractivity contribution in [2.45, 2.75) is 45.0 Å². The Kier molecular flexibility index (Phi) is 10.8. The van der Waals surface area contributed by atoms with Gasteiger partial charge < -0.3 is 31.1 Å². The van der Waals surface area contributed by atoms with Gasteiger partial charge in [0, 0.05) is 12.3 Å². The molecule has 1 aliphatic heterocycles. The molecule has 4 amide bonds. The van der Waals surface area contributed by atoms with Crippen LogP contribution >= 0.6 is 11.8 Å². The smallest absolute Gasteiger partial charge is 0.258 e. The number of ether oxygens (including phenoxy) is 1. The van der Waals surface area contributed by atoms with Crippen molar-refractivity contribution in [3.8, 4) is 5.75 Å². The van der Waals surface area contributed by atoms with Gasteiger partial charge in [0.1, 0.15) is 11.8 Å². The molecule has 11 heteroatoms. The maximum Gasteiger partial charge on any atom is 0.258 e. The molecule has 43 heavy (non-hydrogen) atoms. The number of hydrogen-bond acceptors (Lipinski definition) is 7. The monoisotopic (exact) mass is 604 g/mol. The Balaban J connectivity index is 1.45. The van der Waals surface area contributed by atoms with Crippen LogP contribution in [0.1, 0.15) is 32.6 Å². The van der Waals surface area contributed by atoms with E-state index < -0.39 is 42.5 Å². The normalized spacial score (nSPS) is 15.8. The summed E-state index contributed by atoms with van der Waals surface area (Å²) in [4.78, 5) is 52.9. The van der Waals surface area contributed by atoms with Gasteiger partial charge in [0.25, 0.3) is 17.7 Å². The van der Waals surface area contributed by atoms with E-state index in [1.165, 1.54) is 22.7 Å². The van der Waals surface area contributed by atoms with Crippen LogP contribution in [0.4, 0.5) is 0 Å². The number of aliphatic hydroxyl groups is 1. The molecule has 0 unspecified atom stereocenters. The van der Waals surface area contributed by atoms with Gasteiger partial charge in [-0.1, -0.05) is 66.7 Å². The van der Waals surface area contributed by atoms with Gasteiger partial charge in [0.05, 0.1) is 17.5 Å². The molecule has 0 radical (unpaired) electrons. The standard InChI is InChI=1S/C32H36N4O6S/c1-20-9-6-7-13-23(20)16-34-31(40)26-18-43-19-36(26)32(41)28(38)25(15-22-11-4-3-5-12-22)35-27(37)17-42-29-21(2)10-8-14-24(29)30(33)39/h3-14,25-26,28,38H,15-19H2,1-2H3,(H2,33,39)(H,34,40)(H,35,37)/t25-,26-,28-/m0/s1. The molecule has 0 aromatic heterocycles. The highest BCUT2D eigenvalue weighted by Gasteiger charge is 2.40. The average molecular weight is 605 g/mol. The summed E-state index contributed by atoms with van der Waals surface area (Å²) in [6.45, 7) is 3.54. The third-order valence-electron chi connectivity index (χ3n) is 7.29. The van der Waals surface area contributed by atoms with Gasteiger partial charge in [0.15, 0.2) is 12.7 Å². The van der Waals surface area contributed by atoms with Gasteiger partial charge in [-0.3, -0.25) is 19.2 Å². The van der Waals surface area contributed by atoms with E-state index in [1.807, 2.05) is 61.5 Å². The number of para-hydroxylation sites is 1. The van der Waals surface area contributed by atoms with E-state index in [-0.39, 0.29) is 29.5 Å². The van der Waals surface area contributed by atoms with Crippen molar-refractivity contribution in [2.75, 3.05) is 18.2 Å². The molecule has 10 nitrogen and oxygen atoms in total. The minimum absolute atomic E-state index is 0.141. The number of amides is 4. The van der Waals surface area contributed by atoms with Crippen molar-refractivity contribution in [2.24, 2.45) is 5.73 Å². The van der Waals surface area contributed by atoms with Gasteiger partial charge in [-0.25, -0.2) is 0 Å². The fourth-order valence-corrected chi connectivity index (χ4v) is 6.03. The van der Waals surface area contributed by atoms with Gasteiger partial charge in [-0.2, -0.15) is 0 Å². The minimum atomic E-state index is -1.63. The van der Waals surface area contributed by atoms with Crippen LogP contribution in [0.3, 0.4) is 0 Å². The second-order valence-electron chi connectivity index (χ2n) is 10.4. The van der Waals surface area contributed by atoms with Gasteiger partial charge >= 0.3 is 0 Å². The Hall–Kier alpha value is -4.35. The number of aryl methyl sites for hydroxylation is 2. The first-order valence-electron chi connectivity index (χ1n) is 13.9. The van der Waals surface area contributed by atoms with Gasteiger partial charge in [-0.05, 0) is 48.6 Å². The highest BCUT2D eigenvalue weighted by Crippen LogP contribution is 2.24. The number of nitrogens with zero attached hydrogens (tertiary/aromatic N) is 1. The van der Waals surface area contributed by atoms with Crippen LogP contribution in [0.5, 0.6) is 5.75 Å². The number of benzene rings is 3. The summed E-state index contributed by atoms with van der Waals surface area (Å²) in [5.41, 5.74) is 9.03. The molecule has 0 saturated carbocycles. The topological polar surface area (TPSA) is 151 Å². The number of hydrogen-bond donors (Lipinski definition) is 4. The zero-order valence-electron chi connectivity index (χ0n) is 24.1. The molecule has 1 heterocycles. The van der Waals surface area contributed by atoms with E-state index in [1.54, 1.807) is 19.1 Å². The van der Waals surface area contributed by atoms with Gasteiger partial charge in [0.2, 0.25) is 5.91 Å². The molecule has 0 aliphatic carbocycles. The Labute approximate surface area is 255 Å². The molecule has 1 fully saturated rings. The summed E-state index contributed by atoms with van der Waals surface area (Å²) in [6.07, 6.45) is -1.48. The third-order valence-corrected chi connectivity index (χ3v) is 8.30. The molecule has 3 aromatic rings. The first-order chi connectivity index (χ1) is 20.7. The van der Waals surface area contributed by atoms with E-state index in [0.717, 1.165) is 16.7 Å². The molecule has 3 atom stereocenters. The van der Waals surface area contributed by atoms with Crippen molar-refractivity contribution < 1.29 is 29.0 Å². The van der Waals surface area contributed by atoms with Crippen LogP contribution in [0.2, 0.25) is 0 Å². The zero-order valence-corrected chi connectivity index (χ0v) is 24.9. The van der Waals surface area contributed by atoms with E-state index in [0.29, 0.717) is 17.9 Å². The van der Waals surface area contributed by atoms with E-state index in [9.17, 15) is 24.3 Å². The Morgan fingerprint density at radius 2 is 1.70 bits per heavy atom. The van der Waals surface area contributed by atoms with E-state index >= 15 is 0 Å². The lowest BCUT2D eigenvalue weighted by Crippen LogP contribution is -2.56. The lowest BCUT2D eigenvalue weighted by Gasteiger charge is -2.30. The molecule has 5 N–H and O–H groups in total. The third kappa shape index (κ3) is 8.14. The SMILES string of the molecule is Cc1ccccc1CNC(=O)[C@@H]1CSCN1C(=O)[C@@H](O)[C@H](Cc1ccccc1)NC(=O)COc1c(C)cccc1C(N)=O. The number of nitrogens with one attached hydrogen (secondary N) is 2. The molecule has 4 rings (SSSR count). The highest BCUT2D eigenvalue weighted by molar-refractivity contribution is 7.99. The number of thioether (sulfide) groups is 1. The number of aliphatic hydroxyl groups excluding tert-OH is 1. The summed E-state index contributed by atoms with van der Waals surface area (Å²) >= 11 is 1.42. The van der Waals surface area contributed by atoms with Crippen molar-refractivity contribution in [1.29, 1.82) is 0 Å². The van der Waals surface area contributed by atoms with E-state index in [4.69, 9.17) is 10.5 Å². The lowest BCUT2D eigenvalue weighted by atomic mass is 9.99. The van der Waals surface area contributed by atoms with Crippen molar-refractivity contribution >= 4 is 35.4 Å². The summed E-state index contributed by atoms with van der Waals surface area (Å²) in [5, 5.41) is 16.9. The van der Waals surface area contributed by atoms with Crippen molar-refractivity contribution in [3.05, 3.63) is 101 Å². The van der Waals surface area contributed by atoms with E-state index in [2.05, 4.69) is 10.6 Å². The predicted octanol–water partition coefficient (Wildman–Crippen LogP) is 2.09. The summed E-state index contributed by atoms with van der Waals surface area (Å²) in [7, 11) is 0. The number of nitrogens with two attached hydrogens (primary N) is 1. The molecule has 226 valence electrons. The average Bonchev–Trinajstić information content (AvgIpc) is 3.49. The largest absolute Gasteiger partial charge is 0.483 e. The predicted molar refractivity (Wildman–Crippen MR) is 164 cm³/mol. The van der Waals surface area contributed by atoms with Crippen LogP contribution in [0.25, 0.3) is 0 Å². The molecule has 0 spiro atoms. The molecule has 3 aromatic carbocycles. The molecular formula is C32H36N4O6S. The summed E-state index contributed by atoms with van der Waals surface area (Å²) < 4.78 is 5.66. The first-order valence-corrected chi connectivity index (χ1v) is 15.0. The maximum atomic E-state index is 13.6. The highest BCUT2D eigenvalue weighted by atomic mass is 32.2. The quantitative estimate of drug-likeness (QED) is 0.247. The Bertz CT molecular complexity index is 1470. The summed E-state index contributed by atoms with van der Waals surface area (Å²) in [5.74, 6) is -1.45. The molecule has 0 bridgehead atoms. The van der Waals surface area contributed by atoms with Crippen LogP contribution in [0, 0.1) is 13.8 Å². The van der Waals surface area contributed by atoms with Crippen LogP contribution in [0.15, 0.2) is 72.8 Å². The first kappa shape index (κ1) is 31.6. The van der Waals surface area contributed by atoms with Crippen molar-refractivity contribution in [3.63, 3.8) is 0 Å². The molecular weight excluding hydrogens is 568 g/mol. The molecule has 1 saturated heterocycles. The molecule has 1 aliphatic rings. The summed E-state index contributed by atoms with van der Waals surface area (Å²) in [6, 6.07) is 20.0. The van der Waals surface area contributed by atoms with Crippen LogP contribution < -0.4 is 21.1 Å². The number of rotatable bonds is 12. The fourth-order valence-electron chi connectivity index (χ4n) is 4.86. The zero-order chi connectivity index (χ0) is 30.9. The Morgan fingerprint density at radius 3 is 2.42 bits per heavy atom. The maximum absolute atomic E-state index is 13.6. The number of carbonyl (C=O) groups is 4. The number of primary amides is 1.